The van der Waals surface area contributed by atoms with Gasteiger partial charge in [-0.2, -0.15) is 5.10 Å². The van der Waals surface area contributed by atoms with E-state index in [1.165, 1.54) is 16.0 Å². The molecule has 0 aliphatic rings. The highest BCUT2D eigenvalue weighted by atomic mass is 32.1. The third kappa shape index (κ3) is 2.63. The second-order valence-electron chi connectivity index (χ2n) is 5.32. The van der Waals surface area contributed by atoms with E-state index in [4.69, 9.17) is 4.74 Å². The van der Waals surface area contributed by atoms with E-state index in [1.807, 2.05) is 44.2 Å². The van der Waals surface area contributed by atoms with Crippen LogP contribution in [0.1, 0.15) is 29.1 Å². The molecule has 3 aromatic rings. The fourth-order valence-electron chi connectivity index (χ4n) is 2.69. The minimum atomic E-state index is -0.391. The summed E-state index contributed by atoms with van der Waals surface area (Å²) in [5, 5.41) is 5.27. The molecule has 0 saturated heterocycles. The summed E-state index contributed by atoms with van der Waals surface area (Å²) in [7, 11) is 0. The second-order valence-corrected chi connectivity index (χ2v) is 6.34. The van der Waals surface area contributed by atoms with E-state index in [-0.39, 0.29) is 5.56 Å². The predicted molar refractivity (Wildman–Crippen MR) is 95.7 cm³/mol. The van der Waals surface area contributed by atoms with Crippen LogP contribution in [0.5, 0.6) is 0 Å². The van der Waals surface area contributed by atoms with Crippen LogP contribution in [0.2, 0.25) is 0 Å². The molecule has 0 spiro atoms. The van der Waals surface area contributed by atoms with Gasteiger partial charge in [0.15, 0.2) is 0 Å². The van der Waals surface area contributed by atoms with Crippen LogP contribution in [0.3, 0.4) is 0 Å². The van der Waals surface area contributed by atoms with Gasteiger partial charge < -0.3 is 4.74 Å². The van der Waals surface area contributed by atoms with E-state index >= 15 is 0 Å². The van der Waals surface area contributed by atoms with Gasteiger partial charge in [-0.3, -0.25) is 4.79 Å². The summed E-state index contributed by atoms with van der Waals surface area (Å²) in [4.78, 5) is 25.3. The van der Waals surface area contributed by atoms with E-state index < -0.39 is 5.97 Å². The van der Waals surface area contributed by atoms with E-state index in [2.05, 4.69) is 5.10 Å². The molecule has 0 aliphatic heterocycles. The molecule has 0 unspecified atom stereocenters. The number of aromatic nitrogens is 2. The van der Waals surface area contributed by atoms with Crippen molar-refractivity contribution < 1.29 is 9.53 Å². The fraction of sp³-hybridized carbons (Fsp3) is 0.278. The van der Waals surface area contributed by atoms with E-state index in [1.54, 1.807) is 6.92 Å². The van der Waals surface area contributed by atoms with Crippen LogP contribution < -0.4 is 5.56 Å². The molecule has 0 atom stereocenters. The largest absolute Gasteiger partial charge is 0.462 e. The molecule has 24 heavy (non-hydrogen) atoms. The molecule has 0 fully saturated rings. The van der Waals surface area contributed by atoms with Gasteiger partial charge in [0.25, 0.3) is 5.56 Å². The highest BCUT2D eigenvalue weighted by Crippen LogP contribution is 2.35. The fourth-order valence-corrected chi connectivity index (χ4v) is 3.83. The number of esters is 1. The van der Waals surface area contributed by atoms with E-state index in [0.717, 1.165) is 22.2 Å². The maximum Gasteiger partial charge on any atom is 0.348 e. The summed E-state index contributed by atoms with van der Waals surface area (Å²) in [5.41, 5.74) is 2.22. The average molecular weight is 342 g/mol. The Balaban J connectivity index is 2.37. The second kappa shape index (κ2) is 6.57. The van der Waals surface area contributed by atoms with Crippen LogP contribution in [0.15, 0.2) is 35.1 Å². The Morgan fingerprint density at radius 3 is 2.58 bits per heavy atom. The molecular formula is C18H18N2O3S. The number of aryl methyl sites for hydroxylation is 2. The van der Waals surface area contributed by atoms with E-state index in [0.29, 0.717) is 22.7 Å². The van der Waals surface area contributed by atoms with Crippen molar-refractivity contribution in [3.8, 4) is 11.3 Å². The Kier molecular flexibility index (Phi) is 4.49. The standard InChI is InChI=1S/C18H18N2O3S/c1-4-20-17(21)16-13(11(3)15(24-16)18(22)23-5-2)14(19-20)12-9-7-6-8-10-12/h6-10H,4-5H2,1-3H3. The van der Waals surface area contributed by atoms with Gasteiger partial charge in [0, 0.05) is 17.5 Å². The van der Waals surface area contributed by atoms with Crippen molar-refractivity contribution in [1.82, 2.24) is 9.78 Å². The Morgan fingerprint density at radius 2 is 1.96 bits per heavy atom. The number of rotatable bonds is 4. The summed E-state index contributed by atoms with van der Waals surface area (Å²) in [6, 6.07) is 9.69. The highest BCUT2D eigenvalue weighted by Gasteiger charge is 2.23. The highest BCUT2D eigenvalue weighted by molar-refractivity contribution is 7.21. The molecule has 124 valence electrons. The molecule has 1 aromatic carbocycles. The van der Waals surface area contributed by atoms with Gasteiger partial charge >= 0.3 is 5.97 Å². The SMILES string of the molecule is CCOC(=O)c1sc2c(=O)n(CC)nc(-c3ccccc3)c2c1C. The lowest BCUT2D eigenvalue weighted by Crippen LogP contribution is -2.22. The molecule has 0 bridgehead atoms. The summed E-state index contributed by atoms with van der Waals surface area (Å²) < 4.78 is 7.11. The number of carbonyl (C=O) groups is 1. The van der Waals surface area contributed by atoms with Crippen LogP contribution in [0, 0.1) is 6.92 Å². The molecule has 3 rings (SSSR count). The zero-order chi connectivity index (χ0) is 17.3. The van der Waals surface area contributed by atoms with Gasteiger partial charge in [0.1, 0.15) is 15.3 Å². The monoisotopic (exact) mass is 342 g/mol. The van der Waals surface area contributed by atoms with Crippen molar-refractivity contribution in [2.24, 2.45) is 0 Å². The summed E-state index contributed by atoms with van der Waals surface area (Å²) >= 11 is 1.19. The first kappa shape index (κ1) is 16.4. The Labute approximate surface area is 143 Å². The lowest BCUT2D eigenvalue weighted by molar-refractivity contribution is 0.0531. The normalized spacial score (nSPS) is 11.0. The van der Waals surface area contributed by atoms with Gasteiger partial charge in [0.2, 0.25) is 0 Å². The average Bonchev–Trinajstić information content (AvgIpc) is 2.95. The molecule has 5 nitrogen and oxygen atoms in total. The zero-order valence-corrected chi connectivity index (χ0v) is 14.6. The molecule has 0 aliphatic carbocycles. The predicted octanol–water partition coefficient (Wildman–Crippen LogP) is 3.63. The lowest BCUT2D eigenvalue weighted by Gasteiger charge is -2.08. The Morgan fingerprint density at radius 1 is 1.25 bits per heavy atom. The lowest BCUT2D eigenvalue weighted by atomic mass is 10.1. The van der Waals surface area contributed by atoms with Crippen molar-refractivity contribution in [2.45, 2.75) is 27.3 Å². The van der Waals surface area contributed by atoms with Crippen molar-refractivity contribution in [2.75, 3.05) is 6.61 Å². The topological polar surface area (TPSA) is 61.2 Å². The maximum atomic E-state index is 12.6. The van der Waals surface area contributed by atoms with Crippen LogP contribution in [0.4, 0.5) is 0 Å². The number of nitrogens with zero attached hydrogens (tertiary/aromatic N) is 2. The van der Waals surface area contributed by atoms with Gasteiger partial charge in [-0.15, -0.1) is 11.3 Å². The summed E-state index contributed by atoms with van der Waals surface area (Å²) in [6.45, 7) is 6.26. The molecule has 0 saturated carbocycles. The first-order valence-electron chi connectivity index (χ1n) is 7.85. The van der Waals surface area contributed by atoms with Crippen molar-refractivity contribution >= 4 is 27.4 Å². The van der Waals surface area contributed by atoms with Gasteiger partial charge in [0.05, 0.1) is 6.61 Å². The number of hydrogen-bond donors (Lipinski definition) is 0. The number of thiophene rings is 1. The molecule has 2 heterocycles. The van der Waals surface area contributed by atoms with Gasteiger partial charge in [-0.25, -0.2) is 9.48 Å². The Hall–Kier alpha value is -2.47. The van der Waals surface area contributed by atoms with Gasteiger partial charge in [-0.1, -0.05) is 30.3 Å². The first-order chi connectivity index (χ1) is 11.6. The van der Waals surface area contributed by atoms with Crippen LogP contribution in [-0.4, -0.2) is 22.4 Å². The third-order valence-electron chi connectivity index (χ3n) is 3.84. The molecule has 0 radical (unpaired) electrons. The molecular weight excluding hydrogens is 324 g/mol. The quantitative estimate of drug-likeness (QED) is 0.679. The molecule has 2 aromatic heterocycles. The minimum Gasteiger partial charge on any atom is -0.462 e. The van der Waals surface area contributed by atoms with Crippen molar-refractivity contribution in [1.29, 1.82) is 0 Å². The number of hydrogen-bond acceptors (Lipinski definition) is 5. The zero-order valence-electron chi connectivity index (χ0n) is 13.8. The van der Waals surface area contributed by atoms with Crippen LogP contribution >= 0.6 is 11.3 Å². The van der Waals surface area contributed by atoms with Crippen LogP contribution in [-0.2, 0) is 11.3 Å². The summed E-state index contributed by atoms with van der Waals surface area (Å²) in [6.07, 6.45) is 0. The van der Waals surface area contributed by atoms with Gasteiger partial charge in [-0.05, 0) is 26.3 Å². The number of fused-ring (bicyclic) bond motifs is 1. The smallest absolute Gasteiger partial charge is 0.348 e. The van der Waals surface area contributed by atoms with Crippen LogP contribution in [0.25, 0.3) is 21.3 Å². The van der Waals surface area contributed by atoms with E-state index in [9.17, 15) is 9.59 Å². The number of carbonyl (C=O) groups excluding carboxylic acids is 1. The first-order valence-corrected chi connectivity index (χ1v) is 8.66. The molecule has 6 heteroatoms. The Bertz CT molecular complexity index is 958. The molecule has 0 N–H and O–H groups in total. The van der Waals surface area contributed by atoms with Crippen molar-refractivity contribution in [3.63, 3.8) is 0 Å². The maximum absolute atomic E-state index is 12.6. The molecule has 0 amide bonds. The number of benzene rings is 1. The van der Waals surface area contributed by atoms with Crippen molar-refractivity contribution in [3.05, 3.63) is 51.1 Å². The summed E-state index contributed by atoms with van der Waals surface area (Å²) in [5.74, 6) is -0.391. The minimum absolute atomic E-state index is 0.171. The number of ether oxygens (including phenoxy) is 1. The third-order valence-corrected chi connectivity index (χ3v) is 5.10.